The number of furan rings is 1. The van der Waals surface area contributed by atoms with Gasteiger partial charge in [-0.15, -0.1) is 0 Å². The van der Waals surface area contributed by atoms with E-state index in [2.05, 4.69) is 225 Å². The van der Waals surface area contributed by atoms with Crippen molar-refractivity contribution in [1.82, 2.24) is 0 Å². The highest BCUT2D eigenvalue weighted by Gasteiger charge is 2.36. The van der Waals surface area contributed by atoms with Crippen molar-refractivity contribution in [2.75, 3.05) is 4.90 Å². The summed E-state index contributed by atoms with van der Waals surface area (Å²) in [6.45, 7) is 4.72. The molecule has 0 fully saturated rings. The van der Waals surface area contributed by atoms with Crippen molar-refractivity contribution < 1.29 is 4.42 Å². The molecule has 0 radical (unpaired) electrons. The molecule has 9 aromatic carbocycles. The normalized spacial score (nSPS) is 12.7. The fourth-order valence-corrected chi connectivity index (χ4v) is 9.28. The molecule has 0 saturated carbocycles. The lowest BCUT2D eigenvalue weighted by molar-refractivity contribution is 0.660. The molecule has 2 heteroatoms. The second-order valence-electron chi connectivity index (χ2n) is 16.1. The van der Waals surface area contributed by atoms with Gasteiger partial charge in [-0.05, 0) is 104 Å². The van der Waals surface area contributed by atoms with E-state index in [1.807, 2.05) is 6.07 Å². The second-order valence-corrected chi connectivity index (χ2v) is 16.1. The highest BCUT2D eigenvalue weighted by atomic mass is 16.3. The molecule has 0 atom stereocenters. The largest absolute Gasteiger partial charge is 0.455 e. The number of nitrogens with zero attached hydrogens (tertiary/aromatic N) is 1. The van der Waals surface area contributed by atoms with Crippen LogP contribution in [0.5, 0.6) is 0 Å². The van der Waals surface area contributed by atoms with Crippen molar-refractivity contribution in [3.63, 3.8) is 0 Å². The maximum absolute atomic E-state index is 6.65. The van der Waals surface area contributed by atoms with Gasteiger partial charge in [-0.3, -0.25) is 0 Å². The Bertz CT molecular complexity index is 3160. The molecule has 0 spiro atoms. The van der Waals surface area contributed by atoms with Gasteiger partial charge in [0.05, 0.1) is 5.69 Å². The summed E-state index contributed by atoms with van der Waals surface area (Å²) in [5.41, 5.74) is 19.4. The molecule has 0 amide bonds. The molecule has 1 heterocycles. The molecule has 0 unspecified atom stereocenters. The Labute approximate surface area is 345 Å². The first-order chi connectivity index (χ1) is 29.0. The molecule has 10 aromatic rings. The molecular weight excluding hydrogens is 715 g/mol. The minimum atomic E-state index is -0.155. The van der Waals surface area contributed by atoms with Gasteiger partial charge in [0.1, 0.15) is 11.2 Å². The third kappa shape index (κ3) is 5.87. The van der Waals surface area contributed by atoms with E-state index in [9.17, 15) is 0 Å². The number of para-hydroxylation sites is 1. The first kappa shape index (κ1) is 34.8. The molecule has 280 valence electrons. The van der Waals surface area contributed by atoms with Gasteiger partial charge in [0.15, 0.2) is 0 Å². The van der Waals surface area contributed by atoms with Gasteiger partial charge in [-0.1, -0.05) is 178 Å². The summed E-state index contributed by atoms with van der Waals surface area (Å²) >= 11 is 0. The first-order valence-electron chi connectivity index (χ1n) is 20.4. The van der Waals surface area contributed by atoms with Crippen LogP contribution in [0.3, 0.4) is 0 Å². The average Bonchev–Trinajstić information content (AvgIpc) is 3.79. The molecule has 59 heavy (non-hydrogen) atoms. The van der Waals surface area contributed by atoms with Crippen LogP contribution in [0.25, 0.3) is 77.6 Å². The molecule has 1 aromatic heterocycles. The van der Waals surface area contributed by atoms with Gasteiger partial charge in [0.25, 0.3) is 0 Å². The Kier molecular flexibility index (Phi) is 8.20. The van der Waals surface area contributed by atoms with Crippen LogP contribution in [0.2, 0.25) is 0 Å². The van der Waals surface area contributed by atoms with Crippen LogP contribution < -0.4 is 4.90 Å². The van der Waals surface area contributed by atoms with Gasteiger partial charge < -0.3 is 9.32 Å². The fourth-order valence-electron chi connectivity index (χ4n) is 9.28. The van der Waals surface area contributed by atoms with Crippen molar-refractivity contribution in [2.24, 2.45) is 0 Å². The number of anilines is 3. The van der Waals surface area contributed by atoms with E-state index in [0.717, 1.165) is 66.8 Å². The van der Waals surface area contributed by atoms with Crippen molar-refractivity contribution >= 4 is 39.0 Å². The predicted octanol–water partition coefficient (Wildman–Crippen LogP) is 16.0. The summed E-state index contributed by atoms with van der Waals surface area (Å²) in [4.78, 5) is 2.47. The minimum absolute atomic E-state index is 0.155. The van der Waals surface area contributed by atoms with E-state index >= 15 is 0 Å². The zero-order chi connectivity index (χ0) is 39.5. The van der Waals surface area contributed by atoms with E-state index in [1.54, 1.807) is 0 Å². The number of hydrogen-bond donors (Lipinski definition) is 0. The van der Waals surface area contributed by atoms with Crippen LogP contribution in [0.1, 0.15) is 25.0 Å². The van der Waals surface area contributed by atoms with Crippen molar-refractivity contribution in [1.29, 1.82) is 0 Å². The topological polar surface area (TPSA) is 16.4 Å². The lowest BCUT2D eigenvalue weighted by Crippen LogP contribution is -2.17. The third-order valence-corrected chi connectivity index (χ3v) is 12.3. The molecule has 0 bridgehead atoms. The molecule has 1 aliphatic carbocycles. The zero-order valence-corrected chi connectivity index (χ0v) is 33.1. The third-order valence-electron chi connectivity index (χ3n) is 12.3. The van der Waals surface area contributed by atoms with Gasteiger partial charge in [-0.25, -0.2) is 0 Å². The van der Waals surface area contributed by atoms with Gasteiger partial charge in [0.2, 0.25) is 0 Å². The van der Waals surface area contributed by atoms with Crippen LogP contribution in [-0.4, -0.2) is 0 Å². The first-order valence-corrected chi connectivity index (χ1v) is 20.4. The number of hydrogen-bond acceptors (Lipinski definition) is 2. The summed E-state index contributed by atoms with van der Waals surface area (Å²) in [7, 11) is 0. The Hall–Kier alpha value is -7.42. The summed E-state index contributed by atoms with van der Waals surface area (Å²) in [6, 6.07) is 77.0. The summed E-state index contributed by atoms with van der Waals surface area (Å²) in [6.07, 6.45) is 0. The summed E-state index contributed by atoms with van der Waals surface area (Å²) < 4.78 is 6.65. The van der Waals surface area contributed by atoms with Crippen LogP contribution >= 0.6 is 0 Å². The lowest BCUT2D eigenvalue weighted by Gasteiger charge is -2.30. The predicted molar refractivity (Wildman–Crippen MR) is 248 cm³/mol. The van der Waals surface area contributed by atoms with Gasteiger partial charge >= 0.3 is 0 Å². The van der Waals surface area contributed by atoms with Crippen molar-refractivity contribution in [2.45, 2.75) is 19.3 Å². The Morgan fingerprint density at radius 1 is 0.356 bits per heavy atom. The molecule has 0 saturated heterocycles. The molecule has 2 nitrogen and oxygen atoms in total. The Balaban J connectivity index is 1.19. The van der Waals surface area contributed by atoms with Gasteiger partial charge in [0, 0.05) is 38.7 Å². The smallest absolute Gasteiger partial charge is 0.143 e. The van der Waals surface area contributed by atoms with E-state index in [-0.39, 0.29) is 5.41 Å². The summed E-state index contributed by atoms with van der Waals surface area (Å²) in [5, 5.41) is 2.21. The average molecular weight is 756 g/mol. The van der Waals surface area contributed by atoms with Crippen LogP contribution in [-0.2, 0) is 5.41 Å². The molecular formula is C57H41NO. The molecule has 1 aliphatic rings. The van der Waals surface area contributed by atoms with Crippen molar-refractivity contribution in [3.8, 4) is 55.6 Å². The standard InChI is InChI=1S/C57H41NO/c1-57(2)52-24-14-12-22-47(52)48-33-31-45(37-53(48)57)58(44-29-26-40(27-30-44)38-16-6-3-7-17-38)54-36-42(39-18-8-4-9-19-39)28-32-46(54)43-34-50(41-20-10-5-11-21-41)56-51(35-43)49-23-13-15-25-55(49)59-56/h3-37H,1-2H3. The van der Waals surface area contributed by atoms with E-state index < -0.39 is 0 Å². The van der Waals surface area contributed by atoms with Crippen LogP contribution in [0.4, 0.5) is 17.1 Å². The quantitative estimate of drug-likeness (QED) is 0.161. The second kappa shape index (κ2) is 13.9. The van der Waals surface area contributed by atoms with Crippen LogP contribution in [0.15, 0.2) is 217 Å². The minimum Gasteiger partial charge on any atom is -0.455 e. The Morgan fingerprint density at radius 3 is 1.66 bits per heavy atom. The zero-order valence-electron chi connectivity index (χ0n) is 33.1. The van der Waals surface area contributed by atoms with E-state index in [4.69, 9.17) is 4.42 Å². The molecule has 11 rings (SSSR count). The van der Waals surface area contributed by atoms with E-state index in [0.29, 0.717) is 0 Å². The van der Waals surface area contributed by atoms with Crippen molar-refractivity contribution in [3.05, 3.63) is 223 Å². The lowest BCUT2D eigenvalue weighted by atomic mass is 9.82. The Morgan fingerprint density at radius 2 is 0.915 bits per heavy atom. The highest BCUT2D eigenvalue weighted by Crippen LogP contribution is 2.52. The molecule has 0 N–H and O–H groups in total. The van der Waals surface area contributed by atoms with Crippen LogP contribution in [0, 0.1) is 0 Å². The van der Waals surface area contributed by atoms with E-state index in [1.165, 1.54) is 38.9 Å². The highest BCUT2D eigenvalue weighted by molar-refractivity contribution is 6.12. The number of benzene rings is 9. The molecule has 0 aliphatic heterocycles. The summed E-state index contributed by atoms with van der Waals surface area (Å²) in [5.74, 6) is 0. The maximum atomic E-state index is 6.65. The SMILES string of the molecule is CC1(C)c2ccccc2-c2ccc(N(c3ccc(-c4ccccc4)cc3)c3cc(-c4ccccc4)ccc3-c3cc(-c4ccccc4)c4oc5ccccc5c4c3)cc21. The monoisotopic (exact) mass is 755 g/mol. The number of rotatable bonds is 7. The maximum Gasteiger partial charge on any atom is 0.143 e. The number of fused-ring (bicyclic) bond motifs is 6. The van der Waals surface area contributed by atoms with Gasteiger partial charge in [-0.2, -0.15) is 0 Å². The fraction of sp³-hybridized carbons (Fsp3) is 0.0526.